The Kier molecular flexibility index (Phi) is 7.18. The van der Waals surface area contributed by atoms with Crippen LogP contribution in [0.4, 0.5) is 11.4 Å². The van der Waals surface area contributed by atoms with Crippen LogP contribution in [0.25, 0.3) is 10.8 Å². The Bertz CT molecular complexity index is 1720. The molecule has 0 aromatic heterocycles. The van der Waals surface area contributed by atoms with Crippen molar-refractivity contribution in [3.8, 4) is 0 Å². The third-order valence-corrected chi connectivity index (χ3v) is 8.30. The first-order valence-electron chi connectivity index (χ1n) is 12.0. The predicted molar refractivity (Wildman–Crippen MR) is 154 cm³/mol. The van der Waals surface area contributed by atoms with Crippen LogP contribution in [0.5, 0.6) is 0 Å². The first-order valence-corrected chi connectivity index (χ1v) is 13.9. The number of aryl methyl sites for hydroxylation is 1. The maximum absolute atomic E-state index is 14.0. The maximum Gasteiger partial charge on any atom is 0.264 e. The average molecular weight is 541 g/mol. The fourth-order valence-corrected chi connectivity index (χ4v) is 5.84. The second-order valence-corrected chi connectivity index (χ2v) is 11.3. The van der Waals surface area contributed by atoms with Crippen molar-refractivity contribution in [1.29, 1.82) is 0 Å². The Hall–Kier alpha value is -4.13. The Balaban J connectivity index is 1.56. The maximum atomic E-state index is 14.0. The van der Waals surface area contributed by atoms with Crippen LogP contribution in [0.15, 0.2) is 120 Å². The molecule has 0 atom stereocenters. The summed E-state index contributed by atoms with van der Waals surface area (Å²) in [6, 6.07) is 33.9. The van der Waals surface area contributed by atoms with Gasteiger partial charge in [0.05, 0.1) is 22.7 Å². The van der Waals surface area contributed by atoms with E-state index in [1.807, 2.05) is 49.4 Å². The van der Waals surface area contributed by atoms with Gasteiger partial charge in [-0.2, -0.15) is 0 Å². The number of fused-ring (bicyclic) bond motifs is 1. The smallest absolute Gasteiger partial charge is 0.264 e. The van der Waals surface area contributed by atoms with Gasteiger partial charge in [-0.05, 0) is 71.8 Å². The van der Waals surface area contributed by atoms with Crippen molar-refractivity contribution < 1.29 is 13.2 Å². The van der Waals surface area contributed by atoms with Crippen LogP contribution in [-0.4, -0.2) is 14.3 Å². The lowest BCUT2D eigenvalue weighted by Gasteiger charge is -2.27. The summed E-state index contributed by atoms with van der Waals surface area (Å²) in [5.41, 5.74) is 2.82. The van der Waals surface area contributed by atoms with Gasteiger partial charge in [0.1, 0.15) is 0 Å². The highest BCUT2D eigenvalue weighted by Crippen LogP contribution is 2.30. The van der Waals surface area contributed by atoms with Gasteiger partial charge in [-0.3, -0.25) is 9.10 Å². The lowest BCUT2D eigenvalue weighted by Crippen LogP contribution is -2.32. The molecule has 38 heavy (non-hydrogen) atoms. The zero-order valence-electron chi connectivity index (χ0n) is 20.6. The van der Waals surface area contributed by atoms with E-state index in [0.29, 0.717) is 10.7 Å². The number of halogens is 1. The van der Waals surface area contributed by atoms with Crippen molar-refractivity contribution in [2.24, 2.45) is 0 Å². The lowest BCUT2D eigenvalue weighted by atomic mass is 10.1. The highest BCUT2D eigenvalue weighted by Gasteiger charge is 2.28. The molecule has 5 rings (SSSR count). The fourth-order valence-electron chi connectivity index (χ4n) is 4.24. The first-order chi connectivity index (χ1) is 18.3. The molecule has 0 fully saturated rings. The minimum Gasteiger partial charge on any atom is -0.322 e. The van der Waals surface area contributed by atoms with Crippen molar-refractivity contribution >= 4 is 49.7 Å². The highest BCUT2D eigenvalue weighted by atomic mass is 35.5. The zero-order chi connectivity index (χ0) is 26.7. The Morgan fingerprint density at radius 3 is 2.18 bits per heavy atom. The van der Waals surface area contributed by atoms with Gasteiger partial charge in [0, 0.05) is 10.7 Å². The van der Waals surface area contributed by atoms with E-state index in [-0.39, 0.29) is 22.7 Å². The molecule has 0 saturated heterocycles. The molecule has 5 aromatic rings. The number of nitrogens with one attached hydrogen (secondary N) is 1. The van der Waals surface area contributed by atoms with Gasteiger partial charge in [-0.1, -0.05) is 83.9 Å². The molecule has 1 N–H and O–H groups in total. The van der Waals surface area contributed by atoms with Gasteiger partial charge in [-0.25, -0.2) is 8.42 Å². The number of anilines is 2. The van der Waals surface area contributed by atoms with Crippen molar-refractivity contribution in [1.82, 2.24) is 0 Å². The molecule has 0 heterocycles. The monoisotopic (exact) mass is 540 g/mol. The molecule has 0 aliphatic heterocycles. The lowest BCUT2D eigenvalue weighted by molar-refractivity contribution is 0.102. The van der Waals surface area contributed by atoms with Gasteiger partial charge < -0.3 is 5.32 Å². The quantitative estimate of drug-likeness (QED) is 0.233. The van der Waals surface area contributed by atoms with Gasteiger partial charge in [0.2, 0.25) is 0 Å². The van der Waals surface area contributed by atoms with E-state index in [2.05, 4.69) is 5.32 Å². The van der Waals surface area contributed by atoms with Crippen LogP contribution < -0.4 is 9.62 Å². The Labute approximate surface area is 227 Å². The molecule has 0 unspecified atom stereocenters. The standard InChI is InChI=1S/C31H25ClN2O3S/c1-22-10-18-28(19-11-22)38(36,37)34(21-23-12-15-26(32)16-13-23)30-9-5-4-8-29(30)31(35)33-27-17-14-24-6-2-3-7-25(24)20-27/h2-20H,21H2,1H3,(H,33,35). The van der Waals surface area contributed by atoms with E-state index in [1.165, 1.54) is 4.31 Å². The number of rotatable bonds is 7. The normalized spacial score (nSPS) is 11.3. The van der Waals surface area contributed by atoms with E-state index in [0.717, 1.165) is 21.9 Å². The highest BCUT2D eigenvalue weighted by molar-refractivity contribution is 7.92. The van der Waals surface area contributed by atoms with Crippen molar-refractivity contribution in [2.45, 2.75) is 18.4 Å². The van der Waals surface area contributed by atoms with Crippen molar-refractivity contribution in [3.63, 3.8) is 0 Å². The van der Waals surface area contributed by atoms with Crippen LogP contribution >= 0.6 is 11.6 Å². The van der Waals surface area contributed by atoms with Gasteiger partial charge in [0.25, 0.3) is 15.9 Å². The SMILES string of the molecule is Cc1ccc(S(=O)(=O)N(Cc2ccc(Cl)cc2)c2ccccc2C(=O)Nc2ccc3ccccc3c2)cc1. The number of carbonyl (C=O) groups excluding carboxylic acids is 1. The number of hydrogen-bond acceptors (Lipinski definition) is 3. The molecule has 0 spiro atoms. The summed E-state index contributed by atoms with van der Waals surface area (Å²) in [4.78, 5) is 13.7. The number of amides is 1. The van der Waals surface area contributed by atoms with Gasteiger partial charge >= 0.3 is 0 Å². The summed E-state index contributed by atoms with van der Waals surface area (Å²) in [6.07, 6.45) is 0. The number of carbonyl (C=O) groups is 1. The van der Waals surface area contributed by atoms with Crippen LogP contribution in [-0.2, 0) is 16.6 Å². The summed E-state index contributed by atoms with van der Waals surface area (Å²) >= 11 is 6.06. The van der Waals surface area contributed by atoms with E-state index >= 15 is 0 Å². The number of nitrogens with zero attached hydrogens (tertiary/aromatic N) is 1. The minimum absolute atomic E-state index is 0.0215. The molecular weight excluding hydrogens is 516 g/mol. The summed E-state index contributed by atoms with van der Waals surface area (Å²) in [5, 5.41) is 5.54. The number of para-hydroxylation sites is 1. The third kappa shape index (κ3) is 5.42. The number of sulfonamides is 1. The first kappa shape index (κ1) is 25.5. The molecule has 0 bridgehead atoms. The van der Waals surface area contributed by atoms with Crippen LogP contribution in [0.2, 0.25) is 5.02 Å². The summed E-state index contributed by atoms with van der Waals surface area (Å²) in [6.45, 7) is 1.92. The topological polar surface area (TPSA) is 66.5 Å². The molecular formula is C31H25ClN2O3S. The predicted octanol–water partition coefficient (Wildman–Crippen LogP) is 7.45. The Morgan fingerprint density at radius 1 is 0.789 bits per heavy atom. The molecule has 0 aliphatic carbocycles. The van der Waals surface area contributed by atoms with E-state index in [1.54, 1.807) is 72.8 Å². The molecule has 0 saturated carbocycles. The molecule has 1 amide bonds. The fraction of sp³-hybridized carbons (Fsp3) is 0.0645. The molecule has 0 radical (unpaired) electrons. The average Bonchev–Trinajstić information content (AvgIpc) is 2.93. The minimum atomic E-state index is -4.02. The number of hydrogen-bond donors (Lipinski definition) is 1. The number of benzene rings is 5. The van der Waals surface area contributed by atoms with E-state index in [9.17, 15) is 13.2 Å². The Morgan fingerprint density at radius 2 is 1.45 bits per heavy atom. The summed E-state index contributed by atoms with van der Waals surface area (Å²) in [5.74, 6) is -0.406. The van der Waals surface area contributed by atoms with Crippen molar-refractivity contribution in [2.75, 3.05) is 9.62 Å². The molecule has 190 valence electrons. The van der Waals surface area contributed by atoms with E-state index in [4.69, 9.17) is 11.6 Å². The second-order valence-electron chi connectivity index (χ2n) is 8.98. The molecule has 5 aromatic carbocycles. The molecule has 7 heteroatoms. The van der Waals surface area contributed by atoms with Gasteiger partial charge in [0.15, 0.2) is 0 Å². The summed E-state index contributed by atoms with van der Waals surface area (Å²) < 4.78 is 29.2. The van der Waals surface area contributed by atoms with Crippen LogP contribution in [0, 0.1) is 6.92 Å². The second kappa shape index (κ2) is 10.7. The van der Waals surface area contributed by atoms with Crippen molar-refractivity contribution in [3.05, 3.63) is 137 Å². The largest absolute Gasteiger partial charge is 0.322 e. The van der Waals surface area contributed by atoms with Gasteiger partial charge in [-0.15, -0.1) is 0 Å². The van der Waals surface area contributed by atoms with Crippen LogP contribution in [0.3, 0.4) is 0 Å². The van der Waals surface area contributed by atoms with Crippen LogP contribution in [0.1, 0.15) is 21.5 Å². The summed E-state index contributed by atoms with van der Waals surface area (Å²) in [7, 11) is -4.02. The third-order valence-electron chi connectivity index (χ3n) is 6.27. The molecule has 0 aliphatic rings. The van der Waals surface area contributed by atoms with E-state index < -0.39 is 15.9 Å². The molecule has 5 nitrogen and oxygen atoms in total. The zero-order valence-corrected chi connectivity index (χ0v) is 22.2.